The Morgan fingerprint density at radius 3 is 3.08 bits per heavy atom. The highest BCUT2D eigenvalue weighted by atomic mass is 16.5. The SMILES string of the molecule is NC(=O)[C@H]1CNc2ccccc2O1. The van der Waals surface area contributed by atoms with E-state index in [1.54, 1.807) is 6.07 Å². The summed E-state index contributed by atoms with van der Waals surface area (Å²) in [6.07, 6.45) is -0.560. The highest BCUT2D eigenvalue weighted by Crippen LogP contribution is 2.27. The van der Waals surface area contributed by atoms with Crippen LogP contribution in [0.15, 0.2) is 24.3 Å². The van der Waals surface area contributed by atoms with Gasteiger partial charge in [0.15, 0.2) is 6.10 Å². The maximum Gasteiger partial charge on any atom is 0.260 e. The summed E-state index contributed by atoms with van der Waals surface area (Å²) in [6.45, 7) is 0.437. The van der Waals surface area contributed by atoms with Gasteiger partial charge in [-0.2, -0.15) is 0 Å². The molecule has 1 amide bonds. The fourth-order valence-electron chi connectivity index (χ4n) is 1.27. The first-order valence-corrected chi connectivity index (χ1v) is 4.06. The summed E-state index contributed by atoms with van der Waals surface area (Å²) in [5.41, 5.74) is 6.02. The van der Waals surface area contributed by atoms with Crippen LogP contribution in [0.5, 0.6) is 5.75 Å². The smallest absolute Gasteiger partial charge is 0.260 e. The van der Waals surface area contributed by atoms with E-state index in [-0.39, 0.29) is 0 Å². The van der Waals surface area contributed by atoms with Crippen LogP contribution in [-0.2, 0) is 4.79 Å². The summed E-state index contributed by atoms with van der Waals surface area (Å²) < 4.78 is 5.36. The fourth-order valence-corrected chi connectivity index (χ4v) is 1.27. The van der Waals surface area contributed by atoms with Crippen molar-refractivity contribution >= 4 is 11.6 Å². The quantitative estimate of drug-likeness (QED) is 0.652. The van der Waals surface area contributed by atoms with Gasteiger partial charge in [0.05, 0.1) is 12.2 Å². The number of anilines is 1. The zero-order valence-electron chi connectivity index (χ0n) is 6.99. The highest BCUT2D eigenvalue weighted by Gasteiger charge is 2.22. The molecule has 0 saturated carbocycles. The number of nitrogens with two attached hydrogens (primary N) is 1. The average Bonchev–Trinajstić information content (AvgIpc) is 2.17. The number of ether oxygens (including phenoxy) is 1. The van der Waals surface area contributed by atoms with Gasteiger partial charge in [-0.15, -0.1) is 0 Å². The van der Waals surface area contributed by atoms with Crippen molar-refractivity contribution in [3.05, 3.63) is 24.3 Å². The van der Waals surface area contributed by atoms with Gasteiger partial charge in [0.1, 0.15) is 5.75 Å². The molecular weight excluding hydrogens is 168 g/mol. The summed E-state index contributed by atoms with van der Waals surface area (Å²) in [5.74, 6) is 0.236. The molecule has 0 saturated heterocycles. The Hall–Kier alpha value is -1.71. The van der Waals surface area contributed by atoms with Crippen molar-refractivity contribution in [3.63, 3.8) is 0 Å². The van der Waals surface area contributed by atoms with Crippen molar-refractivity contribution in [3.8, 4) is 5.75 Å². The summed E-state index contributed by atoms with van der Waals surface area (Å²) >= 11 is 0. The van der Waals surface area contributed by atoms with E-state index < -0.39 is 12.0 Å². The monoisotopic (exact) mass is 178 g/mol. The third kappa shape index (κ3) is 1.42. The summed E-state index contributed by atoms with van der Waals surface area (Å²) in [4.78, 5) is 10.8. The zero-order chi connectivity index (χ0) is 9.26. The number of nitrogens with one attached hydrogen (secondary N) is 1. The van der Waals surface area contributed by atoms with E-state index in [1.165, 1.54) is 0 Å². The number of para-hydroxylation sites is 2. The number of fused-ring (bicyclic) bond motifs is 1. The van der Waals surface area contributed by atoms with Gasteiger partial charge < -0.3 is 15.8 Å². The molecule has 0 fully saturated rings. The Morgan fingerprint density at radius 2 is 2.31 bits per heavy atom. The van der Waals surface area contributed by atoms with Gasteiger partial charge in [-0.3, -0.25) is 4.79 Å². The number of benzene rings is 1. The van der Waals surface area contributed by atoms with Crippen LogP contribution >= 0.6 is 0 Å². The van der Waals surface area contributed by atoms with Gasteiger partial charge in [0.2, 0.25) is 0 Å². The van der Waals surface area contributed by atoms with E-state index in [1.807, 2.05) is 18.2 Å². The molecule has 1 atom stereocenters. The highest BCUT2D eigenvalue weighted by molar-refractivity contribution is 5.81. The molecule has 1 aliphatic rings. The molecule has 1 heterocycles. The molecule has 0 aromatic heterocycles. The lowest BCUT2D eigenvalue weighted by molar-refractivity contribution is -0.124. The summed E-state index contributed by atoms with van der Waals surface area (Å²) in [5, 5.41) is 3.07. The lowest BCUT2D eigenvalue weighted by Gasteiger charge is -2.24. The predicted octanol–water partition coefficient (Wildman–Crippen LogP) is 0.345. The maximum atomic E-state index is 10.8. The molecule has 0 bridgehead atoms. The molecule has 68 valence electrons. The Kier molecular flexibility index (Phi) is 1.81. The van der Waals surface area contributed by atoms with Crippen molar-refractivity contribution in [1.29, 1.82) is 0 Å². The molecule has 4 nitrogen and oxygen atoms in total. The average molecular weight is 178 g/mol. The minimum absolute atomic E-state index is 0.437. The van der Waals surface area contributed by atoms with Gasteiger partial charge in [-0.05, 0) is 12.1 Å². The number of amides is 1. The Balaban J connectivity index is 2.24. The summed E-state index contributed by atoms with van der Waals surface area (Å²) in [6, 6.07) is 7.45. The largest absolute Gasteiger partial charge is 0.477 e. The molecule has 1 aromatic carbocycles. The molecule has 13 heavy (non-hydrogen) atoms. The number of hydrogen-bond acceptors (Lipinski definition) is 3. The first-order chi connectivity index (χ1) is 6.27. The number of rotatable bonds is 1. The van der Waals surface area contributed by atoms with Crippen molar-refractivity contribution in [2.24, 2.45) is 5.73 Å². The zero-order valence-corrected chi connectivity index (χ0v) is 6.99. The Morgan fingerprint density at radius 1 is 1.54 bits per heavy atom. The lowest BCUT2D eigenvalue weighted by Crippen LogP contribution is -2.41. The molecule has 3 N–H and O–H groups in total. The van der Waals surface area contributed by atoms with Gasteiger partial charge in [0, 0.05) is 0 Å². The molecular formula is C9H10N2O2. The third-order valence-corrected chi connectivity index (χ3v) is 1.95. The van der Waals surface area contributed by atoms with Gasteiger partial charge >= 0.3 is 0 Å². The van der Waals surface area contributed by atoms with Crippen LogP contribution < -0.4 is 15.8 Å². The fraction of sp³-hybridized carbons (Fsp3) is 0.222. The van der Waals surface area contributed by atoms with Crippen molar-refractivity contribution in [2.45, 2.75) is 6.10 Å². The van der Waals surface area contributed by atoms with Crippen LogP contribution in [0.1, 0.15) is 0 Å². The Labute approximate surface area is 75.7 Å². The topological polar surface area (TPSA) is 64.4 Å². The number of carbonyl (C=O) groups excluding carboxylic acids is 1. The summed E-state index contributed by atoms with van der Waals surface area (Å²) in [7, 11) is 0. The van der Waals surface area contributed by atoms with E-state index in [0.29, 0.717) is 12.3 Å². The van der Waals surface area contributed by atoms with Crippen molar-refractivity contribution in [1.82, 2.24) is 0 Å². The molecule has 0 spiro atoms. The van der Waals surface area contributed by atoms with Gasteiger partial charge in [0.25, 0.3) is 5.91 Å². The van der Waals surface area contributed by atoms with Crippen LogP contribution in [0.3, 0.4) is 0 Å². The van der Waals surface area contributed by atoms with E-state index in [0.717, 1.165) is 5.69 Å². The normalized spacial score (nSPS) is 19.5. The van der Waals surface area contributed by atoms with Gasteiger partial charge in [-0.25, -0.2) is 0 Å². The minimum atomic E-state index is -0.560. The first kappa shape index (κ1) is 7.91. The van der Waals surface area contributed by atoms with Crippen molar-refractivity contribution in [2.75, 3.05) is 11.9 Å². The second kappa shape index (κ2) is 2.97. The Bertz CT molecular complexity index is 338. The van der Waals surface area contributed by atoms with E-state index >= 15 is 0 Å². The molecule has 0 unspecified atom stereocenters. The van der Waals surface area contributed by atoms with Crippen LogP contribution in [0.4, 0.5) is 5.69 Å². The van der Waals surface area contributed by atoms with E-state index in [2.05, 4.69) is 5.32 Å². The molecule has 2 rings (SSSR count). The minimum Gasteiger partial charge on any atom is -0.477 e. The molecule has 0 aliphatic carbocycles. The molecule has 0 radical (unpaired) electrons. The molecule has 4 heteroatoms. The first-order valence-electron chi connectivity index (χ1n) is 4.06. The van der Waals surface area contributed by atoms with Crippen LogP contribution in [0.2, 0.25) is 0 Å². The third-order valence-electron chi connectivity index (χ3n) is 1.95. The van der Waals surface area contributed by atoms with Crippen LogP contribution in [0, 0.1) is 0 Å². The second-order valence-corrected chi connectivity index (χ2v) is 2.89. The van der Waals surface area contributed by atoms with Gasteiger partial charge in [-0.1, -0.05) is 12.1 Å². The molecule has 1 aromatic rings. The lowest BCUT2D eigenvalue weighted by atomic mass is 10.2. The van der Waals surface area contributed by atoms with Crippen LogP contribution in [0.25, 0.3) is 0 Å². The maximum absolute atomic E-state index is 10.8. The number of carbonyl (C=O) groups is 1. The number of primary amides is 1. The standard InChI is InChI=1S/C9H10N2O2/c10-9(12)8-5-11-6-3-1-2-4-7(6)13-8/h1-4,8,11H,5H2,(H2,10,12)/t8-/m1/s1. The predicted molar refractivity (Wildman–Crippen MR) is 48.5 cm³/mol. The van der Waals surface area contributed by atoms with E-state index in [9.17, 15) is 4.79 Å². The molecule has 1 aliphatic heterocycles. The second-order valence-electron chi connectivity index (χ2n) is 2.89. The van der Waals surface area contributed by atoms with E-state index in [4.69, 9.17) is 10.5 Å². The van der Waals surface area contributed by atoms with Crippen LogP contribution in [-0.4, -0.2) is 18.6 Å². The van der Waals surface area contributed by atoms with Crippen molar-refractivity contribution < 1.29 is 9.53 Å². The number of hydrogen-bond donors (Lipinski definition) is 2.